The van der Waals surface area contributed by atoms with E-state index in [-0.39, 0.29) is 11.6 Å². The van der Waals surface area contributed by atoms with Crippen LogP contribution in [0.2, 0.25) is 0 Å². The molecule has 1 aliphatic heterocycles. The fraction of sp³-hybridized carbons (Fsp3) is 0.333. The maximum atomic E-state index is 14.5. The maximum absolute atomic E-state index is 14.5. The van der Waals surface area contributed by atoms with E-state index in [4.69, 9.17) is 9.47 Å². The Kier molecular flexibility index (Phi) is 3.05. The smallest absolute Gasteiger partial charge is 0.189 e. The van der Waals surface area contributed by atoms with Gasteiger partial charge >= 0.3 is 0 Å². The van der Waals surface area contributed by atoms with Gasteiger partial charge in [-0.15, -0.1) is 0 Å². The first-order valence-electron chi connectivity index (χ1n) is 6.28. The van der Waals surface area contributed by atoms with Crippen LogP contribution in [0.15, 0.2) is 42.1 Å². The number of benzene rings is 1. The average molecular weight is 246 g/mol. The molecule has 0 unspecified atom stereocenters. The highest BCUT2D eigenvalue weighted by Gasteiger charge is 2.21. The number of hydrogen-bond donors (Lipinski definition) is 0. The molecule has 0 amide bonds. The van der Waals surface area contributed by atoms with Crippen molar-refractivity contribution in [3.63, 3.8) is 0 Å². The SMILES string of the molecule is F/C(C1=COCCO1)=C1/CCCc2ccccc21. The number of aryl methyl sites for hydroxylation is 1. The van der Waals surface area contributed by atoms with Gasteiger partial charge in [-0.05, 0) is 36.0 Å². The molecule has 3 rings (SSSR count). The number of hydrogen-bond acceptors (Lipinski definition) is 2. The van der Waals surface area contributed by atoms with Crippen LogP contribution in [0.25, 0.3) is 5.57 Å². The molecule has 1 aromatic carbocycles. The molecule has 2 aliphatic rings. The molecule has 3 heteroatoms. The minimum absolute atomic E-state index is 0.230. The molecule has 0 saturated heterocycles. The summed E-state index contributed by atoms with van der Waals surface area (Å²) in [6, 6.07) is 7.99. The van der Waals surface area contributed by atoms with Crippen molar-refractivity contribution in [2.75, 3.05) is 13.2 Å². The molecule has 0 aromatic heterocycles. The van der Waals surface area contributed by atoms with Gasteiger partial charge in [-0.3, -0.25) is 0 Å². The molecule has 18 heavy (non-hydrogen) atoms. The monoisotopic (exact) mass is 246 g/mol. The zero-order valence-electron chi connectivity index (χ0n) is 10.1. The van der Waals surface area contributed by atoms with E-state index in [0.29, 0.717) is 13.2 Å². The summed E-state index contributed by atoms with van der Waals surface area (Å²) in [6.07, 6.45) is 4.13. The predicted molar refractivity (Wildman–Crippen MR) is 67.4 cm³/mol. The highest BCUT2D eigenvalue weighted by Crippen LogP contribution is 2.36. The zero-order chi connectivity index (χ0) is 12.4. The van der Waals surface area contributed by atoms with Gasteiger partial charge in [0.1, 0.15) is 19.5 Å². The van der Waals surface area contributed by atoms with Gasteiger partial charge in [-0.25, -0.2) is 4.39 Å². The van der Waals surface area contributed by atoms with Crippen LogP contribution in [0.5, 0.6) is 0 Å². The molecule has 1 heterocycles. The van der Waals surface area contributed by atoms with Crippen LogP contribution in [-0.4, -0.2) is 13.2 Å². The van der Waals surface area contributed by atoms with Crippen molar-refractivity contribution in [2.24, 2.45) is 0 Å². The first kappa shape index (κ1) is 11.3. The van der Waals surface area contributed by atoms with Crippen molar-refractivity contribution < 1.29 is 13.9 Å². The molecule has 0 fully saturated rings. The van der Waals surface area contributed by atoms with E-state index in [0.717, 1.165) is 30.4 Å². The number of fused-ring (bicyclic) bond motifs is 1. The summed E-state index contributed by atoms with van der Waals surface area (Å²) in [5.41, 5.74) is 2.97. The molecule has 0 atom stereocenters. The molecule has 0 N–H and O–H groups in total. The molecule has 0 bridgehead atoms. The van der Waals surface area contributed by atoms with Gasteiger partial charge in [-0.2, -0.15) is 0 Å². The van der Waals surface area contributed by atoms with Crippen LogP contribution in [0, 0.1) is 0 Å². The van der Waals surface area contributed by atoms with Crippen molar-refractivity contribution in [1.82, 2.24) is 0 Å². The van der Waals surface area contributed by atoms with E-state index in [1.165, 1.54) is 11.8 Å². The third-order valence-corrected chi connectivity index (χ3v) is 3.35. The quantitative estimate of drug-likeness (QED) is 0.754. The minimum atomic E-state index is -0.276. The molecule has 94 valence electrons. The molecular weight excluding hydrogens is 231 g/mol. The van der Waals surface area contributed by atoms with Gasteiger partial charge in [0.15, 0.2) is 11.6 Å². The summed E-state index contributed by atoms with van der Waals surface area (Å²) in [6.45, 7) is 0.900. The van der Waals surface area contributed by atoms with Gasteiger partial charge in [0.25, 0.3) is 0 Å². The van der Waals surface area contributed by atoms with Gasteiger partial charge in [0, 0.05) is 0 Å². The zero-order valence-corrected chi connectivity index (χ0v) is 10.1. The first-order chi connectivity index (χ1) is 8.86. The second kappa shape index (κ2) is 4.84. The molecular formula is C15H15FO2. The molecule has 0 spiro atoms. The normalized spacial score (nSPS) is 21.3. The molecule has 1 aromatic rings. The summed E-state index contributed by atoms with van der Waals surface area (Å²) < 4.78 is 24.9. The van der Waals surface area contributed by atoms with Crippen LogP contribution < -0.4 is 0 Å². The Balaban J connectivity index is 2.04. The van der Waals surface area contributed by atoms with Crippen molar-refractivity contribution in [3.8, 4) is 0 Å². The Hall–Kier alpha value is -1.77. The Morgan fingerprint density at radius 2 is 2.00 bits per heavy atom. The molecule has 2 nitrogen and oxygen atoms in total. The van der Waals surface area contributed by atoms with Crippen molar-refractivity contribution in [2.45, 2.75) is 19.3 Å². The van der Waals surface area contributed by atoms with E-state index in [9.17, 15) is 4.39 Å². The summed E-state index contributed by atoms with van der Waals surface area (Å²) in [5, 5.41) is 0. The number of rotatable bonds is 1. The van der Waals surface area contributed by atoms with Crippen molar-refractivity contribution in [3.05, 3.63) is 53.2 Å². The minimum Gasteiger partial charge on any atom is -0.494 e. The lowest BCUT2D eigenvalue weighted by Gasteiger charge is -2.21. The van der Waals surface area contributed by atoms with Crippen LogP contribution in [0.1, 0.15) is 24.0 Å². The fourth-order valence-corrected chi connectivity index (χ4v) is 2.48. The fourth-order valence-electron chi connectivity index (χ4n) is 2.48. The van der Waals surface area contributed by atoms with E-state index in [2.05, 4.69) is 6.07 Å². The number of allylic oxidation sites excluding steroid dienone is 2. The highest BCUT2D eigenvalue weighted by atomic mass is 19.1. The maximum Gasteiger partial charge on any atom is 0.189 e. The van der Waals surface area contributed by atoms with Gasteiger partial charge in [0.05, 0.1) is 0 Å². The predicted octanol–water partition coefficient (Wildman–Crippen LogP) is 3.59. The largest absolute Gasteiger partial charge is 0.494 e. The van der Waals surface area contributed by atoms with Crippen molar-refractivity contribution >= 4 is 5.57 Å². The Bertz CT molecular complexity index is 517. The van der Waals surface area contributed by atoms with E-state index in [1.807, 2.05) is 18.2 Å². The van der Waals surface area contributed by atoms with Crippen LogP contribution >= 0.6 is 0 Å². The van der Waals surface area contributed by atoms with Gasteiger partial charge in [-0.1, -0.05) is 24.3 Å². The second-order valence-corrected chi connectivity index (χ2v) is 4.50. The second-order valence-electron chi connectivity index (χ2n) is 4.50. The molecule has 0 radical (unpaired) electrons. The first-order valence-corrected chi connectivity index (χ1v) is 6.28. The van der Waals surface area contributed by atoms with E-state index in [1.54, 1.807) is 0 Å². The average Bonchev–Trinajstić information content (AvgIpc) is 2.47. The number of halogens is 1. The lowest BCUT2D eigenvalue weighted by molar-refractivity contribution is 0.0845. The standard InChI is InChI=1S/C15H15FO2/c16-15(14-10-17-8-9-18-14)13-7-3-5-11-4-1-2-6-12(11)13/h1-2,4,6,10H,3,5,7-9H2/b15-13-. The third-order valence-electron chi connectivity index (χ3n) is 3.35. The topological polar surface area (TPSA) is 18.5 Å². The van der Waals surface area contributed by atoms with Gasteiger partial charge in [0.2, 0.25) is 0 Å². The number of ether oxygens (including phenoxy) is 2. The Morgan fingerprint density at radius 3 is 2.83 bits per heavy atom. The van der Waals surface area contributed by atoms with Crippen LogP contribution in [0.4, 0.5) is 4.39 Å². The molecule has 1 aliphatic carbocycles. The summed E-state index contributed by atoms with van der Waals surface area (Å²) in [7, 11) is 0. The van der Waals surface area contributed by atoms with Gasteiger partial charge < -0.3 is 9.47 Å². The Labute approximate surface area is 106 Å². The summed E-state index contributed by atoms with van der Waals surface area (Å²) in [4.78, 5) is 0. The van der Waals surface area contributed by atoms with Crippen LogP contribution in [-0.2, 0) is 15.9 Å². The summed E-state index contributed by atoms with van der Waals surface area (Å²) >= 11 is 0. The lowest BCUT2D eigenvalue weighted by Crippen LogP contribution is -2.10. The third kappa shape index (κ3) is 2.01. The highest BCUT2D eigenvalue weighted by molar-refractivity contribution is 5.73. The van der Waals surface area contributed by atoms with E-state index >= 15 is 0 Å². The molecule has 0 saturated carbocycles. The Morgan fingerprint density at radius 1 is 1.11 bits per heavy atom. The van der Waals surface area contributed by atoms with E-state index < -0.39 is 0 Å². The van der Waals surface area contributed by atoms with Crippen LogP contribution in [0.3, 0.4) is 0 Å². The van der Waals surface area contributed by atoms with Crippen molar-refractivity contribution in [1.29, 1.82) is 0 Å². The lowest BCUT2D eigenvalue weighted by atomic mass is 9.87. The summed E-state index contributed by atoms with van der Waals surface area (Å²) in [5.74, 6) is -0.0465.